The maximum absolute atomic E-state index is 10.6. The Labute approximate surface area is 124 Å². The Balaban J connectivity index is 0.00000172. The summed E-state index contributed by atoms with van der Waals surface area (Å²) < 4.78 is 0. The highest BCUT2D eigenvalue weighted by molar-refractivity contribution is 7.99. The first-order valence-corrected chi connectivity index (χ1v) is 7.27. The summed E-state index contributed by atoms with van der Waals surface area (Å²) in [5.74, 6) is 0.630. The van der Waals surface area contributed by atoms with Crippen molar-refractivity contribution in [1.82, 2.24) is 0 Å². The standard InChI is InChI=1S/C12H15N3O2S.C2H6/c1-9-7-11(15(16)17)3-4-12(9)18-8-10(13)5-6-14-2;1-2/h3-7H,8,13H2,1-2H3;1-2H3/b10-5-,14-6?;. The Hall–Kier alpha value is -1.82. The van der Waals surface area contributed by atoms with E-state index in [1.54, 1.807) is 43.2 Å². The van der Waals surface area contributed by atoms with Crippen LogP contribution in [0.2, 0.25) is 0 Å². The highest BCUT2D eigenvalue weighted by atomic mass is 32.2. The second-order valence-electron chi connectivity index (χ2n) is 3.64. The van der Waals surface area contributed by atoms with Gasteiger partial charge >= 0.3 is 0 Å². The van der Waals surface area contributed by atoms with Crippen LogP contribution in [-0.2, 0) is 0 Å². The van der Waals surface area contributed by atoms with Gasteiger partial charge in [-0.3, -0.25) is 15.1 Å². The number of aryl methyl sites for hydroxylation is 1. The van der Waals surface area contributed by atoms with Crippen LogP contribution in [0.25, 0.3) is 0 Å². The molecule has 5 nitrogen and oxygen atoms in total. The van der Waals surface area contributed by atoms with Crippen molar-refractivity contribution < 1.29 is 4.92 Å². The third-order valence-electron chi connectivity index (χ3n) is 2.20. The van der Waals surface area contributed by atoms with E-state index in [0.29, 0.717) is 11.4 Å². The van der Waals surface area contributed by atoms with Crippen LogP contribution in [-0.4, -0.2) is 23.9 Å². The minimum absolute atomic E-state index is 0.110. The van der Waals surface area contributed by atoms with E-state index in [1.165, 1.54) is 6.07 Å². The molecule has 0 aliphatic carbocycles. The number of hydrogen-bond donors (Lipinski definition) is 1. The monoisotopic (exact) mass is 295 g/mol. The molecular formula is C14H21N3O2S. The molecule has 110 valence electrons. The Morgan fingerprint density at radius 3 is 2.65 bits per heavy atom. The van der Waals surface area contributed by atoms with E-state index < -0.39 is 4.92 Å². The predicted octanol–water partition coefficient (Wildman–Crippen LogP) is 3.56. The van der Waals surface area contributed by atoms with Crippen molar-refractivity contribution >= 4 is 23.7 Å². The van der Waals surface area contributed by atoms with Gasteiger partial charge in [0.2, 0.25) is 0 Å². The van der Waals surface area contributed by atoms with Crippen molar-refractivity contribution in [2.24, 2.45) is 10.7 Å². The highest BCUT2D eigenvalue weighted by Crippen LogP contribution is 2.26. The van der Waals surface area contributed by atoms with Crippen molar-refractivity contribution in [1.29, 1.82) is 0 Å². The highest BCUT2D eigenvalue weighted by Gasteiger charge is 2.08. The maximum atomic E-state index is 10.6. The number of hydrogen-bond acceptors (Lipinski definition) is 5. The zero-order valence-corrected chi connectivity index (χ0v) is 13.1. The van der Waals surface area contributed by atoms with Crippen LogP contribution >= 0.6 is 11.8 Å². The van der Waals surface area contributed by atoms with Gasteiger partial charge < -0.3 is 5.73 Å². The lowest BCUT2D eigenvalue weighted by molar-refractivity contribution is -0.385. The third-order valence-corrected chi connectivity index (χ3v) is 3.45. The second kappa shape index (κ2) is 10.0. The van der Waals surface area contributed by atoms with Gasteiger partial charge in [0.05, 0.1) is 4.92 Å². The Bertz CT molecular complexity index is 499. The van der Waals surface area contributed by atoms with Crippen molar-refractivity contribution in [2.75, 3.05) is 12.8 Å². The Morgan fingerprint density at radius 2 is 2.15 bits per heavy atom. The number of nitro groups is 1. The van der Waals surface area contributed by atoms with Gasteiger partial charge in [-0.15, -0.1) is 11.8 Å². The van der Waals surface area contributed by atoms with Crippen LogP contribution in [0.4, 0.5) is 5.69 Å². The number of rotatable bonds is 5. The lowest BCUT2D eigenvalue weighted by Gasteiger charge is -2.05. The molecule has 0 spiro atoms. The number of non-ortho nitro benzene ring substituents is 1. The molecule has 0 fully saturated rings. The first kappa shape index (κ1) is 18.2. The summed E-state index contributed by atoms with van der Waals surface area (Å²) in [7, 11) is 1.68. The summed E-state index contributed by atoms with van der Waals surface area (Å²) in [6.07, 6.45) is 3.38. The zero-order chi connectivity index (χ0) is 15.5. The molecule has 20 heavy (non-hydrogen) atoms. The molecule has 1 aromatic carbocycles. The van der Waals surface area contributed by atoms with Gasteiger partial charge in [0.1, 0.15) is 0 Å². The molecular weight excluding hydrogens is 274 g/mol. The van der Waals surface area contributed by atoms with Gasteiger partial charge in [-0.1, -0.05) is 13.8 Å². The molecule has 1 rings (SSSR count). The average Bonchev–Trinajstić information content (AvgIpc) is 2.45. The molecule has 6 heteroatoms. The van der Waals surface area contributed by atoms with Crippen molar-refractivity contribution in [2.45, 2.75) is 25.7 Å². The van der Waals surface area contributed by atoms with E-state index in [0.717, 1.165) is 10.5 Å². The molecule has 0 heterocycles. The van der Waals surface area contributed by atoms with E-state index in [2.05, 4.69) is 4.99 Å². The third kappa shape index (κ3) is 6.38. The van der Waals surface area contributed by atoms with Gasteiger partial charge in [0.25, 0.3) is 5.69 Å². The van der Waals surface area contributed by atoms with Crippen LogP contribution < -0.4 is 5.73 Å². The largest absolute Gasteiger partial charge is 0.401 e. The van der Waals surface area contributed by atoms with Crippen LogP contribution in [0.5, 0.6) is 0 Å². The Kier molecular flexibility index (Phi) is 9.11. The minimum atomic E-state index is -0.395. The molecule has 0 bridgehead atoms. The predicted molar refractivity (Wildman–Crippen MR) is 86.6 cm³/mol. The van der Waals surface area contributed by atoms with Crippen LogP contribution in [0.3, 0.4) is 0 Å². The average molecular weight is 295 g/mol. The van der Waals surface area contributed by atoms with Gasteiger partial charge in [0, 0.05) is 41.7 Å². The number of benzene rings is 1. The number of nitro benzene ring substituents is 1. The number of nitrogens with zero attached hydrogens (tertiary/aromatic N) is 2. The molecule has 0 aliphatic heterocycles. The lowest BCUT2D eigenvalue weighted by atomic mass is 10.2. The van der Waals surface area contributed by atoms with Crippen LogP contribution in [0.1, 0.15) is 19.4 Å². The van der Waals surface area contributed by atoms with Crippen molar-refractivity contribution in [3.05, 3.63) is 45.6 Å². The lowest BCUT2D eigenvalue weighted by Crippen LogP contribution is -2.00. The molecule has 0 unspecified atom stereocenters. The number of nitrogens with two attached hydrogens (primary N) is 1. The number of thioether (sulfide) groups is 1. The fourth-order valence-corrected chi connectivity index (χ4v) is 2.16. The van der Waals surface area contributed by atoms with Gasteiger partial charge in [-0.2, -0.15) is 0 Å². The van der Waals surface area contributed by atoms with Gasteiger partial charge in [-0.05, 0) is 24.6 Å². The molecule has 0 aromatic heterocycles. The molecule has 0 amide bonds. The Morgan fingerprint density at radius 1 is 1.50 bits per heavy atom. The van der Waals surface area contributed by atoms with Gasteiger partial charge in [0.15, 0.2) is 0 Å². The summed E-state index contributed by atoms with van der Waals surface area (Å²) in [5, 5.41) is 10.6. The summed E-state index contributed by atoms with van der Waals surface area (Å²) in [5.41, 5.74) is 7.48. The summed E-state index contributed by atoms with van der Waals surface area (Å²) in [6, 6.07) is 4.82. The normalized spacial score (nSPS) is 11.1. The van der Waals surface area contributed by atoms with Gasteiger partial charge in [-0.25, -0.2) is 0 Å². The summed E-state index contributed by atoms with van der Waals surface area (Å²) >= 11 is 1.55. The number of aliphatic imine (C=N–C) groups is 1. The van der Waals surface area contributed by atoms with Crippen LogP contribution in [0.15, 0.2) is 39.9 Å². The molecule has 0 aliphatic rings. The molecule has 0 atom stereocenters. The molecule has 1 aromatic rings. The van der Waals surface area contributed by atoms with Crippen LogP contribution in [0, 0.1) is 17.0 Å². The number of allylic oxidation sites excluding steroid dienone is 1. The molecule has 0 saturated heterocycles. The molecule has 0 saturated carbocycles. The second-order valence-corrected chi connectivity index (χ2v) is 4.66. The zero-order valence-electron chi connectivity index (χ0n) is 12.3. The smallest absolute Gasteiger partial charge is 0.269 e. The first-order chi connectivity index (χ1) is 9.54. The molecule has 0 radical (unpaired) electrons. The van der Waals surface area contributed by atoms with E-state index >= 15 is 0 Å². The van der Waals surface area contributed by atoms with E-state index in [1.807, 2.05) is 20.8 Å². The first-order valence-electron chi connectivity index (χ1n) is 6.29. The van der Waals surface area contributed by atoms with Crippen molar-refractivity contribution in [3.8, 4) is 0 Å². The fourth-order valence-electron chi connectivity index (χ4n) is 1.29. The maximum Gasteiger partial charge on any atom is 0.269 e. The quantitative estimate of drug-likeness (QED) is 0.390. The molecule has 2 N–H and O–H groups in total. The summed E-state index contributed by atoms with van der Waals surface area (Å²) in [6.45, 7) is 5.85. The topological polar surface area (TPSA) is 81.5 Å². The van der Waals surface area contributed by atoms with E-state index in [9.17, 15) is 10.1 Å². The van der Waals surface area contributed by atoms with E-state index in [-0.39, 0.29) is 5.69 Å². The van der Waals surface area contributed by atoms with Crippen molar-refractivity contribution in [3.63, 3.8) is 0 Å². The SMILES string of the molecule is CC.CN=C/C=C(\N)CSc1ccc([N+](=O)[O-])cc1C. The summed E-state index contributed by atoms with van der Waals surface area (Å²) in [4.78, 5) is 15.0. The fraction of sp³-hybridized carbons (Fsp3) is 0.357. The minimum Gasteiger partial charge on any atom is -0.401 e. The van der Waals surface area contributed by atoms with E-state index in [4.69, 9.17) is 5.73 Å².